The lowest BCUT2D eigenvalue weighted by Crippen LogP contribution is -2.24. The number of fused-ring (bicyclic) bond motifs is 1. The van der Waals surface area contributed by atoms with Gasteiger partial charge in [-0.25, -0.2) is 0 Å². The van der Waals surface area contributed by atoms with Crippen LogP contribution in [0.5, 0.6) is 5.88 Å². The molecule has 2 aromatic heterocycles. The molecule has 1 fully saturated rings. The largest absolute Gasteiger partial charge is 0.494 e. The summed E-state index contributed by atoms with van der Waals surface area (Å²) in [6, 6.07) is 16.7. The third-order valence-corrected chi connectivity index (χ3v) is 6.55. The summed E-state index contributed by atoms with van der Waals surface area (Å²) >= 11 is 7.16. The summed E-state index contributed by atoms with van der Waals surface area (Å²) in [4.78, 5) is 14.9. The predicted octanol–water partition coefficient (Wildman–Crippen LogP) is 5.13. The van der Waals surface area contributed by atoms with Crippen LogP contribution in [-0.2, 0) is 11.3 Å². The van der Waals surface area contributed by atoms with E-state index in [-0.39, 0.29) is 17.8 Å². The van der Waals surface area contributed by atoms with Crippen LogP contribution in [0.15, 0.2) is 60.8 Å². The van der Waals surface area contributed by atoms with Crippen LogP contribution in [-0.4, -0.2) is 34.8 Å². The standard InChI is InChI=1S/C23H19ClN4O3S/c24-20-8-7-19(32-20)21(29)26-18-6-2-5-16-17(18)13-27(22(16)30)12-14-3-1-4-15(11-14)28-9-10-31-23(28)25/h1-8,11,13,25,30H,9-10,12H2,(H,26,29). The highest BCUT2D eigenvalue weighted by Gasteiger charge is 2.20. The van der Waals surface area contributed by atoms with Crippen LogP contribution in [0.1, 0.15) is 15.2 Å². The fourth-order valence-corrected chi connectivity index (χ4v) is 4.74. The molecule has 3 heterocycles. The van der Waals surface area contributed by atoms with E-state index in [2.05, 4.69) is 5.32 Å². The van der Waals surface area contributed by atoms with E-state index in [4.69, 9.17) is 21.7 Å². The van der Waals surface area contributed by atoms with Crippen LogP contribution < -0.4 is 10.2 Å². The Kier molecular flexibility index (Phi) is 5.24. The maximum atomic E-state index is 12.6. The first kappa shape index (κ1) is 20.4. The van der Waals surface area contributed by atoms with Crippen molar-refractivity contribution in [3.63, 3.8) is 0 Å². The molecule has 0 unspecified atom stereocenters. The quantitative estimate of drug-likeness (QED) is 0.380. The number of amides is 1. The molecule has 0 saturated carbocycles. The SMILES string of the molecule is N=C1OCCN1c1cccc(Cn2cc3c(NC(=O)c4ccc(Cl)s4)cccc3c2O)c1. The van der Waals surface area contributed by atoms with E-state index in [0.29, 0.717) is 40.0 Å². The molecule has 0 atom stereocenters. The first-order chi connectivity index (χ1) is 15.5. The molecule has 1 saturated heterocycles. The number of nitrogens with one attached hydrogen (secondary N) is 2. The van der Waals surface area contributed by atoms with Crippen LogP contribution in [0.4, 0.5) is 11.4 Å². The Hall–Kier alpha value is -3.49. The summed E-state index contributed by atoms with van der Waals surface area (Å²) in [5, 5.41) is 23.0. The molecule has 0 aliphatic carbocycles. The van der Waals surface area contributed by atoms with Gasteiger partial charge in [0.05, 0.1) is 28.0 Å². The van der Waals surface area contributed by atoms with Gasteiger partial charge in [-0.05, 0) is 42.0 Å². The van der Waals surface area contributed by atoms with Crippen molar-refractivity contribution in [3.05, 3.63) is 75.6 Å². The number of rotatable bonds is 5. The number of thiophene rings is 1. The molecule has 0 radical (unpaired) electrons. The second-order valence-electron chi connectivity index (χ2n) is 7.38. The van der Waals surface area contributed by atoms with Crippen molar-refractivity contribution in [1.29, 1.82) is 5.41 Å². The average molecular weight is 467 g/mol. The van der Waals surface area contributed by atoms with Crippen LogP contribution in [0.2, 0.25) is 4.34 Å². The smallest absolute Gasteiger partial charge is 0.289 e. The summed E-state index contributed by atoms with van der Waals surface area (Å²) in [5.74, 6) is -0.123. The lowest BCUT2D eigenvalue weighted by molar-refractivity contribution is 0.103. The topological polar surface area (TPSA) is 90.6 Å². The van der Waals surface area contributed by atoms with Gasteiger partial charge in [-0.3, -0.25) is 15.1 Å². The van der Waals surface area contributed by atoms with Crippen molar-refractivity contribution < 1.29 is 14.6 Å². The van der Waals surface area contributed by atoms with Crippen LogP contribution in [0.3, 0.4) is 0 Å². The fourth-order valence-electron chi connectivity index (χ4n) is 3.80. The van der Waals surface area contributed by atoms with Crippen molar-refractivity contribution in [2.24, 2.45) is 0 Å². The zero-order chi connectivity index (χ0) is 22.2. The second-order valence-corrected chi connectivity index (χ2v) is 9.10. The Morgan fingerprint density at radius 1 is 1.19 bits per heavy atom. The molecule has 1 aliphatic heterocycles. The molecular weight excluding hydrogens is 448 g/mol. The van der Waals surface area contributed by atoms with Gasteiger partial charge >= 0.3 is 0 Å². The average Bonchev–Trinajstić information content (AvgIpc) is 3.49. The Morgan fingerprint density at radius 2 is 2.03 bits per heavy atom. The molecule has 0 bridgehead atoms. The third-order valence-electron chi connectivity index (χ3n) is 5.32. The summed E-state index contributed by atoms with van der Waals surface area (Å²) in [6.07, 6.45) is 1.83. The Balaban J connectivity index is 1.43. The highest BCUT2D eigenvalue weighted by Crippen LogP contribution is 2.34. The molecule has 7 nitrogen and oxygen atoms in total. The first-order valence-corrected chi connectivity index (χ1v) is 11.1. The van der Waals surface area contributed by atoms with Crippen molar-refractivity contribution in [2.75, 3.05) is 23.4 Å². The van der Waals surface area contributed by atoms with Crippen LogP contribution in [0.25, 0.3) is 10.8 Å². The van der Waals surface area contributed by atoms with Gasteiger partial charge in [0.1, 0.15) is 6.61 Å². The van der Waals surface area contributed by atoms with Gasteiger partial charge in [0.25, 0.3) is 11.9 Å². The van der Waals surface area contributed by atoms with Gasteiger partial charge in [-0.1, -0.05) is 29.8 Å². The van der Waals surface area contributed by atoms with Crippen molar-refractivity contribution in [2.45, 2.75) is 6.54 Å². The van der Waals surface area contributed by atoms with E-state index in [1.54, 1.807) is 33.7 Å². The van der Waals surface area contributed by atoms with E-state index in [0.717, 1.165) is 16.6 Å². The number of ether oxygens (including phenoxy) is 1. The number of benzene rings is 2. The number of halogens is 1. The molecule has 9 heteroatoms. The van der Waals surface area contributed by atoms with Crippen molar-refractivity contribution in [3.8, 4) is 5.88 Å². The number of aromatic nitrogens is 1. The van der Waals surface area contributed by atoms with Crippen molar-refractivity contribution in [1.82, 2.24) is 4.57 Å². The van der Waals surface area contributed by atoms with Crippen LogP contribution >= 0.6 is 22.9 Å². The van der Waals surface area contributed by atoms with E-state index in [1.165, 1.54) is 11.3 Å². The molecule has 0 spiro atoms. The third kappa shape index (κ3) is 3.79. The van der Waals surface area contributed by atoms with Gasteiger partial charge in [-0.2, -0.15) is 0 Å². The molecule has 3 N–H and O–H groups in total. The van der Waals surface area contributed by atoms with Gasteiger partial charge in [0.15, 0.2) is 5.88 Å². The molecular formula is C23H19ClN4O3S. The Bertz CT molecular complexity index is 1350. The number of nitrogens with zero attached hydrogens (tertiary/aromatic N) is 2. The number of anilines is 2. The monoisotopic (exact) mass is 466 g/mol. The zero-order valence-electron chi connectivity index (χ0n) is 16.8. The molecule has 5 rings (SSSR count). The minimum atomic E-state index is -0.246. The number of carbonyl (C=O) groups excluding carboxylic acids is 1. The number of aromatic hydroxyl groups is 1. The highest BCUT2D eigenvalue weighted by molar-refractivity contribution is 7.18. The maximum Gasteiger partial charge on any atom is 0.289 e. The number of hydrogen-bond acceptors (Lipinski definition) is 5. The van der Waals surface area contributed by atoms with E-state index in [1.807, 2.05) is 36.5 Å². The Morgan fingerprint density at radius 3 is 2.78 bits per heavy atom. The van der Waals surface area contributed by atoms with Gasteiger partial charge < -0.3 is 19.7 Å². The lowest BCUT2D eigenvalue weighted by Gasteiger charge is -2.16. The van der Waals surface area contributed by atoms with Crippen molar-refractivity contribution >= 4 is 57.0 Å². The summed E-state index contributed by atoms with van der Waals surface area (Å²) < 4.78 is 7.53. The number of amidine groups is 1. The summed E-state index contributed by atoms with van der Waals surface area (Å²) in [5.41, 5.74) is 2.46. The zero-order valence-corrected chi connectivity index (χ0v) is 18.4. The lowest BCUT2D eigenvalue weighted by atomic mass is 10.2. The van der Waals surface area contributed by atoms with E-state index in [9.17, 15) is 9.90 Å². The molecule has 2 aromatic carbocycles. The first-order valence-electron chi connectivity index (χ1n) is 9.95. The minimum Gasteiger partial charge on any atom is -0.494 e. The van der Waals surface area contributed by atoms with E-state index < -0.39 is 0 Å². The van der Waals surface area contributed by atoms with Gasteiger partial charge in [-0.15, -0.1) is 11.3 Å². The second kappa shape index (κ2) is 8.22. The highest BCUT2D eigenvalue weighted by atomic mass is 35.5. The fraction of sp³-hybridized carbons (Fsp3) is 0.130. The predicted molar refractivity (Wildman–Crippen MR) is 127 cm³/mol. The molecule has 32 heavy (non-hydrogen) atoms. The van der Waals surface area contributed by atoms with E-state index >= 15 is 0 Å². The molecule has 162 valence electrons. The number of hydrogen-bond donors (Lipinski definition) is 3. The maximum absolute atomic E-state index is 12.6. The summed E-state index contributed by atoms with van der Waals surface area (Å²) in [6.45, 7) is 1.57. The minimum absolute atomic E-state index is 0.123. The molecule has 1 amide bonds. The van der Waals surface area contributed by atoms with Crippen LogP contribution in [0, 0.1) is 5.41 Å². The normalized spacial score (nSPS) is 13.5. The summed E-state index contributed by atoms with van der Waals surface area (Å²) in [7, 11) is 0. The molecule has 4 aromatic rings. The van der Waals surface area contributed by atoms with Gasteiger partial charge in [0, 0.05) is 22.7 Å². The van der Waals surface area contributed by atoms with Gasteiger partial charge in [0.2, 0.25) is 0 Å². The molecule has 1 aliphatic rings. The Labute approximate surface area is 192 Å². The number of carbonyl (C=O) groups is 1.